The Balaban J connectivity index is 2.77. The highest BCUT2D eigenvalue weighted by Crippen LogP contribution is 2.13. The Hall–Kier alpha value is -1.78. The number of hydrogen-bond acceptors (Lipinski definition) is 3. The van der Waals surface area contributed by atoms with Crippen molar-refractivity contribution in [1.82, 2.24) is 4.98 Å². The number of aromatic amines is 1. The quantitative estimate of drug-likeness (QED) is 0.766. The number of H-pyrrole nitrogens is 1. The second-order valence-corrected chi connectivity index (χ2v) is 4.52. The maximum Gasteiger partial charge on any atom is 0.412 e. The van der Waals surface area contributed by atoms with Crippen molar-refractivity contribution >= 4 is 11.8 Å². The van der Waals surface area contributed by atoms with E-state index in [1.807, 2.05) is 0 Å². The Kier molecular flexibility index (Phi) is 3.37. The number of aromatic nitrogens is 1. The maximum atomic E-state index is 11.4. The molecule has 0 aromatic carbocycles. The van der Waals surface area contributed by atoms with Gasteiger partial charge in [0, 0.05) is 12.3 Å². The summed E-state index contributed by atoms with van der Waals surface area (Å²) in [5, 5.41) is 2.53. The molecule has 0 spiro atoms. The third-order valence-corrected chi connectivity index (χ3v) is 1.77. The first-order valence-corrected chi connectivity index (χ1v) is 4.97. The van der Waals surface area contributed by atoms with Crippen LogP contribution in [-0.2, 0) is 4.74 Å². The zero-order chi connectivity index (χ0) is 12.3. The molecule has 5 nitrogen and oxygen atoms in total. The Labute approximate surface area is 93.8 Å². The minimum atomic E-state index is -0.568. The minimum Gasteiger partial charge on any atom is -0.444 e. The van der Waals surface area contributed by atoms with Gasteiger partial charge in [-0.2, -0.15) is 0 Å². The molecular formula is C11H16N2O3. The first-order valence-electron chi connectivity index (χ1n) is 4.97. The SMILES string of the molecule is Cc1c[nH]c(=O)cc1NC(=O)OC(C)(C)C. The number of carbonyl (C=O) groups excluding carboxylic acids is 1. The summed E-state index contributed by atoms with van der Waals surface area (Å²) >= 11 is 0. The maximum absolute atomic E-state index is 11.4. The summed E-state index contributed by atoms with van der Waals surface area (Å²) in [5.41, 5.74) is 0.402. The van der Waals surface area contributed by atoms with Crippen LogP contribution >= 0.6 is 0 Å². The van der Waals surface area contributed by atoms with Crippen molar-refractivity contribution in [1.29, 1.82) is 0 Å². The topological polar surface area (TPSA) is 71.2 Å². The molecule has 0 atom stereocenters. The lowest BCUT2D eigenvalue weighted by Gasteiger charge is -2.20. The van der Waals surface area contributed by atoms with Gasteiger partial charge in [-0.1, -0.05) is 0 Å². The van der Waals surface area contributed by atoms with Gasteiger partial charge in [0.25, 0.3) is 0 Å². The molecule has 0 fully saturated rings. The first-order chi connectivity index (χ1) is 7.28. The molecule has 1 rings (SSSR count). The summed E-state index contributed by atoms with van der Waals surface area (Å²) in [5.74, 6) is 0. The predicted octanol–water partition coefficient (Wildman–Crippen LogP) is 2.03. The Morgan fingerprint density at radius 1 is 1.44 bits per heavy atom. The lowest BCUT2D eigenvalue weighted by molar-refractivity contribution is 0.0636. The summed E-state index contributed by atoms with van der Waals surface area (Å²) in [6.07, 6.45) is 0.968. The zero-order valence-electron chi connectivity index (χ0n) is 9.88. The Bertz CT molecular complexity index is 443. The van der Waals surface area contributed by atoms with Crippen LogP contribution < -0.4 is 10.9 Å². The number of anilines is 1. The van der Waals surface area contributed by atoms with Gasteiger partial charge in [0.1, 0.15) is 5.60 Å². The van der Waals surface area contributed by atoms with Crippen molar-refractivity contribution < 1.29 is 9.53 Å². The lowest BCUT2D eigenvalue weighted by atomic mass is 10.2. The number of pyridine rings is 1. The van der Waals surface area contributed by atoms with E-state index in [4.69, 9.17) is 4.74 Å². The summed E-state index contributed by atoms with van der Waals surface area (Å²) in [7, 11) is 0. The van der Waals surface area contributed by atoms with E-state index in [1.54, 1.807) is 27.7 Å². The van der Waals surface area contributed by atoms with Crippen molar-refractivity contribution in [2.24, 2.45) is 0 Å². The third kappa shape index (κ3) is 3.76. The average molecular weight is 224 g/mol. The fourth-order valence-electron chi connectivity index (χ4n) is 1.09. The van der Waals surface area contributed by atoms with Gasteiger partial charge in [-0.3, -0.25) is 10.1 Å². The molecule has 5 heteroatoms. The molecule has 1 heterocycles. The van der Waals surface area contributed by atoms with Gasteiger partial charge in [0.2, 0.25) is 5.56 Å². The Morgan fingerprint density at radius 3 is 2.62 bits per heavy atom. The van der Waals surface area contributed by atoms with Crippen molar-refractivity contribution in [3.63, 3.8) is 0 Å². The van der Waals surface area contributed by atoms with Gasteiger partial charge in [-0.25, -0.2) is 4.79 Å². The fraction of sp³-hybridized carbons (Fsp3) is 0.455. The second-order valence-electron chi connectivity index (χ2n) is 4.52. The van der Waals surface area contributed by atoms with E-state index in [2.05, 4.69) is 10.3 Å². The smallest absolute Gasteiger partial charge is 0.412 e. The van der Waals surface area contributed by atoms with Crippen molar-refractivity contribution in [3.8, 4) is 0 Å². The van der Waals surface area contributed by atoms with Gasteiger partial charge < -0.3 is 9.72 Å². The van der Waals surface area contributed by atoms with E-state index < -0.39 is 11.7 Å². The van der Waals surface area contributed by atoms with E-state index in [9.17, 15) is 9.59 Å². The standard InChI is InChI=1S/C11H16N2O3/c1-7-6-12-9(14)5-8(7)13-10(15)16-11(2,3)4/h5-6H,1-4H3,(H2,12,13,14,15). The molecule has 0 bridgehead atoms. The predicted molar refractivity (Wildman–Crippen MR) is 61.7 cm³/mol. The van der Waals surface area contributed by atoms with Crippen LogP contribution in [0.15, 0.2) is 17.1 Å². The Morgan fingerprint density at radius 2 is 2.06 bits per heavy atom. The molecule has 1 aromatic heterocycles. The number of amides is 1. The molecule has 0 saturated carbocycles. The summed E-state index contributed by atoms with van der Waals surface area (Å²) in [6, 6.07) is 1.32. The molecule has 0 aliphatic heterocycles. The molecule has 0 saturated heterocycles. The summed E-state index contributed by atoms with van der Waals surface area (Å²) < 4.78 is 5.07. The number of hydrogen-bond donors (Lipinski definition) is 2. The van der Waals surface area contributed by atoms with Gasteiger partial charge in [0.15, 0.2) is 0 Å². The molecular weight excluding hydrogens is 208 g/mol. The summed E-state index contributed by atoms with van der Waals surface area (Å²) in [4.78, 5) is 25.0. The van der Waals surface area contributed by atoms with E-state index in [-0.39, 0.29) is 5.56 Å². The molecule has 0 aliphatic rings. The monoisotopic (exact) mass is 224 g/mol. The number of ether oxygens (including phenoxy) is 1. The van der Waals surface area contributed by atoms with Gasteiger partial charge in [-0.05, 0) is 33.3 Å². The highest BCUT2D eigenvalue weighted by molar-refractivity contribution is 5.85. The van der Waals surface area contributed by atoms with Crippen LogP contribution in [0.4, 0.5) is 10.5 Å². The first kappa shape index (κ1) is 12.3. The van der Waals surface area contributed by atoms with Gasteiger partial charge in [0.05, 0.1) is 5.69 Å². The minimum absolute atomic E-state index is 0.267. The molecule has 88 valence electrons. The average Bonchev–Trinajstić information content (AvgIpc) is 2.08. The number of aryl methyl sites for hydroxylation is 1. The van der Waals surface area contributed by atoms with Crippen molar-refractivity contribution in [2.45, 2.75) is 33.3 Å². The van der Waals surface area contributed by atoms with Crippen molar-refractivity contribution in [2.75, 3.05) is 5.32 Å². The second kappa shape index (κ2) is 4.38. The molecule has 0 unspecified atom stereocenters. The van der Waals surface area contributed by atoms with E-state index in [0.29, 0.717) is 5.69 Å². The normalized spacial score (nSPS) is 11.0. The number of carbonyl (C=O) groups is 1. The highest BCUT2D eigenvalue weighted by atomic mass is 16.6. The molecule has 1 aromatic rings. The molecule has 1 amide bonds. The number of nitrogens with one attached hydrogen (secondary N) is 2. The summed E-state index contributed by atoms with van der Waals surface area (Å²) in [6.45, 7) is 7.11. The molecule has 16 heavy (non-hydrogen) atoms. The van der Waals surface area contributed by atoms with Crippen LogP contribution in [0.2, 0.25) is 0 Å². The van der Waals surface area contributed by atoms with E-state index >= 15 is 0 Å². The van der Waals surface area contributed by atoms with Crippen LogP contribution in [0, 0.1) is 6.92 Å². The fourth-order valence-corrected chi connectivity index (χ4v) is 1.09. The van der Waals surface area contributed by atoms with Crippen LogP contribution in [0.1, 0.15) is 26.3 Å². The van der Waals surface area contributed by atoms with Crippen LogP contribution in [0.25, 0.3) is 0 Å². The lowest BCUT2D eigenvalue weighted by Crippen LogP contribution is -2.27. The van der Waals surface area contributed by atoms with Crippen molar-refractivity contribution in [3.05, 3.63) is 28.2 Å². The van der Waals surface area contributed by atoms with Crippen LogP contribution in [0.3, 0.4) is 0 Å². The molecule has 0 radical (unpaired) electrons. The number of rotatable bonds is 1. The third-order valence-electron chi connectivity index (χ3n) is 1.77. The highest BCUT2D eigenvalue weighted by Gasteiger charge is 2.16. The zero-order valence-corrected chi connectivity index (χ0v) is 9.88. The van der Waals surface area contributed by atoms with Crippen LogP contribution in [0.5, 0.6) is 0 Å². The van der Waals surface area contributed by atoms with Gasteiger partial charge in [-0.15, -0.1) is 0 Å². The van der Waals surface area contributed by atoms with Gasteiger partial charge >= 0.3 is 6.09 Å². The van der Waals surface area contributed by atoms with Crippen LogP contribution in [-0.4, -0.2) is 16.7 Å². The van der Waals surface area contributed by atoms with E-state index in [0.717, 1.165) is 5.56 Å². The largest absolute Gasteiger partial charge is 0.444 e. The van der Waals surface area contributed by atoms with E-state index in [1.165, 1.54) is 12.3 Å². The molecule has 0 aliphatic carbocycles. The molecule has 2 N–H and O–H groups in total.